The van der Waals surface area contributed by atoms with Crippen LogP contribution in [-0.2, 0) is 6.42 Å². The molecule has 1 saturated carbocycles. The van der Waals surface area contributed by atoms with Crippen molar-refractivity contribution < 1.29 is 0 Å². The minimum atomic E-state index is 0.797. The van der Waals surface area contributed by atoms with Gasteiger partial charge in [-0.3, -0.25) is 4.98 Å². The zero-order valence-electron chi connectivity index (χ0n) is 20.9. The molecule has 1 aliphatic rings. The van der Waals surface area contributed by atoms with Crippen molar-refractivity contribution in [2.75, 3.05) is 19.0 Å². The van der Waals surface area contributed by atoms with Gasteiger partial charge in [0.05, 0.1) is 27.8 Å². The summed E-state index contributed by atoms with van der Waals surface area (Å²) in [5, 5.41) is 9.17. The molecule has 0 amide bonds. The largest absolute Gasteiger partial charge is 0.375 e. The highest BCUT2D eigenvalue weighted by molar-refractivity contribution is 6.31. The van der Waals surface area contributed by atoms with Gasteiger partial charge in [-0.1, -0.05) is 74.2 Å². The van der Waals surface area contributed by atoms with E-state index in [2.05, 4.69) is 90.1 Å². The van der Waals surface area contributed by atoms with Gasteiger partial charge in [0, 0.05) is 47.2 Å². The van der Waals surface area contributed by atoms with Crippen LogP contribution in [0.15, 0.2) is 72.9 Å². The molecule has 0 spiro atoms. The summed E-state index contributed by atoms with van der Waals surface area (Å²) < 4.78 is 2.57. The molecular weight excluding hydrogens is 438 g/mol. The Hall–Kier alpha value is -3.85. The first-order chi connectivity index (χ1) is 17.7. The standard InChI is InChI=1S/C33H29N3/c1-35(2)31-24-12-6-5-11-21(24)19-26-30-29-22(15-16-34-30)18-23(17-20-9-3-4-10-20)28-25-13-7-8-14-27(25)36(32(26)31)33(28)29/h5-8,11-16,18-20H,3-4,9-10,17H2,1-2H3. The summed E-state index contributed by atoms with van der Waals surface area (Å²) in [7, 11) is 4.34. The number of fused-ring (bicyclic) bond motifs is 7. The van der Waals surface area contributed by atoms with Crippen molar-refractivity contribution in [1.29, 1.82) is 0 Å². The average Bonchev–Trinajstić information content (AvgIpc) is 3.53. The molecule has 0 aliphatic heterocycles. The van der Waals surface area contributed by atoms with Crippen molar-refractivity contribution in [1.82, 2.24) is 9.38 Å². The second-order valence-corrected chi connectivity index (χ2v) is 11.0. The van der Waals surface area contributed by atoms with Gasteiger partial charge in [-0.15, -0.1) is 0 Å². The van der Waals surface area contributed by atoms with E-state index in [4.69, 9.17) is 4.98 Å². The first kappa shape index (κ1) is 20.4. The van der Waals surface area contributed by atoms with Gasteiger partial charge in [0.1, 0.15) is 0 Å². The topological polar surface area (TPSA) is 20.5 Å². The van der Waals surface area contributed by atoms with E-state index in [1.807, 2.05) is 6.20 Å². The minimum Gasteiger partial charge on any atom is -0.375 e. The summed E-state index contributed by atoms with van der Waals surface area (Å²) in [6.07, 6.45) is 8.66. The molecule has 1 aliphatic carbocycles. The van der Waals surface area contributed by atoms with E-state index in [0.717, 1.165) is 11.4 Å². The lowest BCUT2D eigenvalue weighted by Gasteiger charge is -2.22. The molecule has 176 valence electrons. The van der Waals surface area contributed by atoms with Crippen molar-refractivity contribution in [3.05, 3.63) is 78.5 Å². The Morgan fingerprint density at radius 3 is 2.42 bits per heavy atom. The van der Waals surface area contributed by atoms with Gasteiger partial charge in [-0.05, 0) is 46.9 Å². The number of hydrogen-bond donors (Lipinski definition) is 0. The highest BCUT2D eigenvalue weighted by Crippen LogP contribution is 2.46. The molecule has 4 aromatic carbocycles. The van der Waals surface area contributed by atoms with E-state index < -0.39 is 0 Å². The van der Waals surface area contributed by atoms with E-state index >= 15 is 0 Å². The fourth-order valence-electron chi connectivity index (χ4n) is 7.21. The van der Waals surface area contributed by atoms with E-state index in [1.165, 1.54) is 97.6 Å². The van der Waals surface area contributed by atoms with Gasteiger partial charge in [0.25, 0.3) is 0 Å². The summed E-state index contributed by atoms with van der Waals surface area (Å²) in [5.74, 6) is 0.797. The fraction of sp³-hybridized carbons (Fsp3) is 0.242. The molecule has 3 aromatic heterocycles. The second kappa shape index (κ2) is 7.33. The summed E-state index contributed by atoms with van der Waals surface area (Å²) in [5.41, 5.74) is 7.78. The van der Waals surface area contributed by atoms with Crippen molar-refractivity contribution in [2.24, 2.45) is 5.92 Å². The Morgan fingerprint density at radius 1 is 0.806 bits per heavy atom. The Balaban J connectivity index is 1.68. The summed E-state index contributed by atoms with van der Waals surface area (Å²) in [6, 6.07) is 24.9. The number of benzene rings is 4. The molecule has 0 bridgehead atoms. The first-order valence-electron chi connectivity index (χ1n) is 13.3. The minimum absolute atomic E-state index is 0.797. The van der Waals surface area contributed by atoms with Crippen LogP contribution < -0.4 is 4.90 Å². The Labute approximate surface area is 210 Å². The van der Waals surface area contributed by atoms with Crippen LogP contribution in [0.1, 0.15) is 31.2 Å². The molecular formula is C33H29N3. The molecule has 7 aromatic rings. The number of para-hydroxylation sites is 1. The van der Waals surface area contributed by atoms with Gasteiger partial charge < -0.3 is 9.30 Å². The summed E-state index contributed by atoms with van der Waals surface area (Å²) in [6.45, 7) is 0. The van der Waals surface area contributed by atoms with Crippen molar-refractivity contribution in [3.63, 3.8) is 0 Å². The van der Waals surface area contributed by atoms with Crippen molar-refractivity contribution >= 4 is 65.5 Å². The lowest BCUT2D eigenvalue weighted by Crippen LogP contribution is -2.11. The van der Waals surface area contributed by atoms with Crippen LogP contribution in [0, 0.1) is 5.92 Å². The Morgan fingerprint density at radius 2 is 1.58 bits per heavy atom. The third-order valence-corrected chi connectivity index (χ3v) is 8.65. The highest BCUT2D eigenvalue weighted by atomic mass is 15.1. The van der Waals surface area contributed by atoms with E-state index in [1.54, 1.807) is 0 Å². The smallest absolute Gasteiger partial charge is 0.0823 e. The zero-order valence-corrected chi connectivity index (χ0v) is 20.9. The van der Waals surface area contributed by atoms with Gasteiger partial charge in [0.2, 0.25) is 0 Å². The number of rotatable bonds is 3. The molecule has 1 fully saturated rings. The zero-order chi connectivity index (χ0) is 24.0. The quantitative estimate of drug-likeness (QED) is 0.192. The maximum Gasteiger partial charge on any atom is 0.0823 e. The van der Waals surface area contributed by atoms with Gasteiger partial charge in [-0.2, -0.15) is 0 Å². The molecule has 8 rings (SSSR count). The third kappa shape index (κ3) is 2.61. The van der Waals surface area contributed by atoms with E-state index in [9.17, 15) is 0 Å². The SMILES string of the molecule is CN(C)c1c2ccccc2cc2c3nccc4cc(CC5CCCC5)c5c6ccccc6n(c12)c5c43. The predicted octanol–water partition coefficient (Wildman–Crippen LogP) is 8.34. The lowest BCUT2D eigenvalue weighted by molar-refractivity contribution is 0.549. The van der Waals surface area contributed by atoms with Crippen LogP contribution >= 0.6 is 0 Å². The Bertz CT molecular complexity index is 1950. The summed E-state index contributed by atoms with van der Waals surface area (Å²) >= 11 is 0. The number of nitrogens with zero attached hydrogens (tertiary/aromatic N) is 3. The molecule has 0 saturated heterocycles. The van der Waals surface area contributed by atoms with Crippen LogP contribution in [0.25, 0.3) is 59.8 Å². The van der Waals surface area contributed by atoms with Crippen LogP contribution in [0.5, 0.6) is 0 Å². The molecule has 0 N–H and O–H groups in total. The van der Waals surface area contributed by atoms with Crippen LogP contribution in [0.3, 0.4) is 0 Å². The molecule has 3 heterocycles. The van der Waals surface area contributed by atoms with Gasteiger partial charge in [-0.25, -0.2) is 0 Å². The second-order valence-electron chi connectivity index (χ2n) is 11.0. The number of anilines is 1. The fourth-order valence-corrected chi connectivity index (χ4v) is 7.21. The maximum absolute atomic E-state index is 5.04. The lowest BCUT2D eigenvalue weighted by atomic mass is 9.91. The maximum atomic E-state index is 5.04. The van der Waals surface area contributed by atoms with E-state index in [-0.39, 0.29) is 0 Å². The molecule has 3 nitrogen and oxygen atoms in total. The molecule has 36 heavy (non-hydrogen) atoms. The molecule has 0 atom stereocenters. The molecule has 0 unspecified atom stereocenters. The highest BCUT2D eigenvalue weighted by Gasteiger charge is 2.25. The molecule has 0 radical (unpaired) electrons. The van der Waals surface area contributed by atoms with Crippen LogP contribution in [-0.4, -0.2) is 23.5 Å². The predicted molar refractivity (Wildman–Crippen MR) is 154 cm³/mol. The summed E-state index contributed by atoms with van der Waals surface area (Å²) in [4.78, 5) is 7.33. The number of pyridine rings is 2. The number of aromatic nitrogens is 2. The average molecular weight is 468 g/mol. The molecule has 3 heteroatoms. The van der Waals surface area contributed by atoms with Crippen LogP contribution in [0.2, 0.25) is 0 Å². The van der Waals surface area contributed by atoms with E-state index in [0.29, 0.717) is 0 Å². The Kier molecular flexibility index (Phi) is 4.14. The first-order valence-corrected chi connectivity index (χ1v) is 13.3. The van der Waals surface area contributed by atoms with Gasteiger partial charge in [0.15, 0.2) is 0 Å². The monoisotopic (exact) mass is 467 g/mol. The van der Waals surface area contributed by atoms with Crippen LogP contribution in [0.4, 0.5) is 5.69 Å². The number of hydrogen-bond acceptors (Lipinski definition) is 2. The van der Waals surface area contributed by atoms with Crippen molar-refractivity contribution in [2.45, 2.75) is 32.1 Å². The van der Waals surface area contributed by atoms with Gasteiger partial charge >= 0.3 is 0 Å². The third-order valence-electron chi connectivity index (χ3n) is 8.65. The van der Waals surface area contributed by atoms with Crippen molar-refractivity contribution in [3.8, 4) is 0 Å². The normalized spacial score (nSPS) is 15.1.